The van der Waals surface area contributed by atoms with Crippen molar-refractivity contribution < 1.29 is 9.13 Å². The van der Waals surface area contributed by atoms with Crippen molar-refractivity contribution in [2.24, 2.45) is 5.73 Å². The SMILES string of the molecule is NCCC(COc1cccc(F)c1)N1CCCC1. The van der Waals surface area contributed by atoms with Crippen molar-refractivity contribution in [3.8, 4) is 5.75 Å². The van der Waals surface area contributed by atoms with Crippen molar-refractivity contribution >= 4 is 0 Å². The second kappa shape index (κ2) is 6.71. The predicted molar refractivity (Wildman–Crippen MR) is 70.2 cm³/mol. The zero-order valence-corrected chi connectivity index (χ0v) is 10.6. The summed E-state index contributed by atoms with van der Waals surface area (Å²) in [6.45, 7) is 3.49. The summed E-state index contributed by atoms with van der Waals surface area (Å²) in [6.07, 6.45) is 3.43. The Bertz CT molecular complexity index is 367. The molecule has 0 radical (unpaired) electrons. The first-order chi connectivity index (χ1) is 8.79. The third-order valence-corrected chi connectivity index (χ3v) is 3.40. The summed E-state index contributed by atoms with van der Waals surface area (Å²) in [7, 11) is 0. The Hall–Kier alpha value is -1.13. The molecule has 1 aromatic carbocycles. The maximum absolute atomic E-state index is 13.0. The summed E-state index contributed by atoms with van der Waals surface area (Å²) in [5.41, 5.74) is 5.65. The van der Waals surface area contributed by atoms with Crippen LogP contribution in [0.2, 0.25) is 0 Å². The van der Waals surface area contributed by atoms with Gasteiger partial charge in [-0.2, -0.15) is 0 Å². The van der Waals surface area contributed by atoms with E-state index in [2.05, 4.69) is 4.90 Å². The van der Waals surface area contributed by atoms with E-state index in [0.29, 0.717) is 24.9 Å². The van der Waals surface area contributed by atoms with E-state index in [4.69, 9.17) is 10.5 Å². The Balaban J connectivity index is 1.88. The fourth-order valence-electron chi connectivity index (χ4n) is 2.42. The minimum atomic E-state index is -0.260. The molecule has 1 unspecified atom stereocenters. The lowest BCUT2D eigenvalue weighted by Crippen LogP contribution is -2.39. The Morgan fingerprint density at radius 1 is 1.33 bits per heavy atom. The molecule has 1 aliphatic rings. The first-order valence-corrected chi connectivity index (χ1v) is 6.62. The number of nitrogens with two attached hydrogens (primary N) is 1. The highest BCUT2D eigenvalue weighted by atomic mass is 19.1. The zero-order valence-electron chi connectivity index (χ0n) is 10.6. The molecule has 100 valence electrons. The van der Waals surface area contributed by atoms with Gasteiger partial charge in [0.2, 0.25) is 0 Å². The van der Waals surface area contributed by atoms with Crippen LogP contribution in [-0.2, 0) is 0 Å². The molecule has 1 saturated heterocycles. The maximum Gasteiger partial charge on any atom is 0.126 e. The van der Waals surface area contributed by atoms with Crippen molar-refractivity contribution in [3.63, 3.8) is 0 Å². The van der Waals surface area contributed by atoms with Gasteiger partial charge in [0.25, 0.3) is 0 Å². The molecular formula is C14H21FN2O. The van der Waals surface area contributed by atoms with Gasteiger partial charge in [-0.05, 0) is 51.0 Å². The van der Waals surface area contributed by atoms with Crippen molar-refractivity contribution in [1.29, 1.82) is 0 Å². The normalized spacial score (nSPS) is 17.9. The third-order valence-electron chi connectivity index (χ3n) is 3.40. The summed E-state index contributed by atoms with van der Waals surface area (Å²) in [5, 5.41) is 0. The van der Waals surface area contributed by atoms with E-state index in [1.165, 1.54) is 25.0 Å². The number of nitrogens with zero attached hydrogens (tertiary/aromatic N) is 1. The number of benzene rings is 1. The van der Waals surface area contributed by atoms with E-state index in [1.54, 1.807) is 12.1 Å². The molecule has 1 heterocycles. The molecule has 3 nitrogen and oxygen atoms in total. The second-order valence-corrected chi connectivity index (χ2v) is 4.74. The number of hydrogen-bond donors (Lipinski definition) is 1. The molecule has 0 aliphatic carbocycles. The molecular weight excluding hydrogens is 231 g/mol. The van der Waals surface area contributed by atoms with Gasteiger partial charge in [-0.25, -0.2) is 4.39 Å². The highest BCUT2D eigenvalue weighted by Gasteiger charge is 2.21. The average Bonchev–Trinajstić information content (AvgIpc) is 2.88. The van der Waals surface area contributed by atoms with E-state index in [1.807, 2.05) is 0 Å². The standard InChI is InChI=1S/C14H21FN2O/c15-12-4-3-5-14(10-12)18-11-13(6-7-16)17-8-1-2-9-17/h3-5,10,13H,1-2,6-9,11,16H2. The van der Waals surface area contributed by atoms with E-state index >= 15 is 0 Å². The predicted octanol–water partition coefficient (Wildman–Crippen LogP) is 2.02. The number of rotatable bonds is 6. The smallest absolute Gasteiger partial charge is 0.126 e. The van der Waals surface area contributed by atoms with Gasteiger partial charge < -0.3 is 10.5 Å². The highest BCUT2D eigenvalue weighted by molar-refractivity contribution is 5.22. The summed E-state index contributed by atoms with van der Waals surface area (Å²) in [5.74, 6) is 0.334. The van der Waals surface area contributed by atoms with E-state index in [9.17, 15) is 4.39 Å². The molecule has 0 saturated carbocycles. The summed E-state index contributed by atoms with van der Waals surface area (Å²) < 4.78 is 18.7. The summed E-state index contributed by atoms with van der Waals surface area (Å²) in [6, 6.07) is 6.64. The summed E-state index contributed by atoms with van der Waals surface area (Å²) in [4.78, 5) is 2.42. The van der Waals surface area contributed by atoms with Crippen LogP contribution in [0, 0.1) is 5.82 Å². The fourth-order valence-corrected chi connectivity index (χ4v) is 2.42. The molecule has 0 aromatic heterocycles. The molecule has 0 spiro atoms. The van der Waals surface area contributed by atoms with Crippen LogP contribution in [0.5, 0.6) is 5.75 Å². The van der Waals surface area contributed by atoms with Crippen molar-refractivity contribution in [1.82, 2.24) is 4.90 Å². The first-order valence-electron chi connectivity index (χ1n) is 6.62. The van der Waals surface area contributed by atoms with Crippen LogP contribution in [0.3, 0.4) is 0 Å². The molecule has 0 bridgehead atoms. The topological polar surface area (TPSA) is 38.5 Å². The monoisotopic (exact) mass is 252 g/mol. The van der Waals surface area contributed by atoms with Crippen molar-refractivity contribution in [3.05, 3.63) is 30.1 Å². The molecule has 1 aromatic rings. The van der Waals surface area contributed by atoms with Crippen LogP contribution in [0.25, 0.3) is 0 Å². The fraction of sp³-hybridized carbons (Fsp3) is 0.571. The Labute approximate surface area is 108 Å². The summed E-state index contributed by atoms with van der Waals surface area (Å²) >= 11 is 0. The largest absolute Gasteiger partial charge is 0.492 e. The van der Waals surface area contributed by atoms with Crippen LogP contribution in [0.15, 0.2) is 24.3 Å². The lowest BCUT2D eigenvalue weighted by molar-refractivity contribution is 0.153. The second-order valence-electron chi connectivity index (χ2n) is 4.74. The molecule has 1 atom stereocenters. The van der Waals surface area contributed by atoms with Gasteiger partial charge in [0.1, 0.15) is 18.2 Å². The highest BCUT2D eigenvalue weighted by Crippen LogP contribution is 2.17. The van der Waals surface area contributed by atoms with E-state index < -0.39 is 0 Å². The number of ether oxygens (including phenoxy) is 1. The first kappa shape index (κ1) is 13.3. The molecule has 2 rings (SSSR count). The van der Waals surface area contributed by atoms with Crippen molar-refractivity contribution in [2.75, 3.05) is 26.2 Å². The number of likely N-dealkylation sites (tertiary alicyclic amines) is 1. The molecule has 0 amide bonds. The number of halogens is 1. The van der Waals surface area contributed by atoms with Gasteiger partial charge in [-0.15, -0.1) is 0 Å². The van der Waals surface area contributed by atoms with Gasteiger partial charge in [0, 0.05) is 12.1 Å². The van der Waals surface area contributed by atoms with E-state index in [0.717, 1.165) is 19.5 Å². The van der Waals surface area contributed by atoms with Crippen LogP contribution in [0.1, 0.15) is 19.3 Å². The minimum Gasteiger partial charge on any atom is -0.492 e. The third kappa shape index (κ3) is 3.68. The van der Waals surface area contributed by atoms with Gasteiger partial charge in [0.15, 0.2) is 0 Å². The molecule has 1 aliphatic heterocycles. The van der Waals surface area contributed by atoms with Crippen LogP contribution < -0.4 is 10.5 Å². The molecule has 1 fully saturated rings. The van der Waals surface area contributed by atoms with Crippen LogP contribution >= 0.6 is 0 Å². The van der Waals surface area contributed by atoms with Gasteiger partial charge in [0.05, 0.1) is 0 Å². The lowest BCUT2D eigenvalue weighted by atomic mass is 10.2. The van der Waals surface area contributed by atoms with Crippen LogP contribution in [0.4, 0.5) is 4.39 Å². The molecule has 4 heteroatoms. The zero-order chi connectivity index (χ0) is 12.8. The quantitative estimate of drug-likeness (QED) is 0.841. The maximum atomic E-state index is 13.0. The molecule has 2 N–H and O–H groups in total. The molecule has 18 heavy (non-hydrogen) atoms. The van der Waals surface area contributed by atoms with Gasteiger partial charge >= 0.3 is 0 Å². The number of hydrogen-bond acceptors (Lipinski definition) is 3. The van der Waals surface area contributed by atoms with Crippen molar-refractivity contribution in [2.45, 2.75) is 25.3 Å². The Kier molecular flexibility index (Phi) is 4.96. The Morgan fingerprint density at radius 2 is 2.11 bits per heavy atom. The Morgan fingerprint density at radius 3 is 2.78 bits per heavy atom. The minimum absolute atomic E-state index is 0.260. The lowest BCUT2D eigenvalue weighted by Gasteiger charge is -2.27. The average molecular weight is 252 g/mol. The van der Waals surface area contributed by atoms with Gasteiger partial charge in [-0.1, -0.05) is 6.07 Å². The van der Waals surface area contributed by atoms with Gasteiger partial charge in [-0.3, -0.25) is 4.90 Å². The van der Waals surface area contributed by atoms with Crippen LogP contribution in [-0.4, -0.2) is 37.2 Å². The van der Waals surface area contributed by atoms with E-state index in [-0.39, 0.29) is 5.82 Å².